The van der Waals surface area contributed by atoms with Crippen molar-refractivity contribution in [1.29, 1.82) is 0 Å². The van der Waals surface area contributed by atoms with Gasteiger partial charge in [-0.3, -0.25) is 4.79 Å². The zero-order valence-corrected chi connectivity index (χ0v) is 9.01. The molecule has 1 heterocycles. The summed E-state index contributed by atoms with van der Waals surface area (Å²) >= 11 is 0. The van der Waals surface area contributed by atoms with Gasteiger partial charge in [0.1, 0.15) is 0 Å². The van der Waals surface area contributed by atoms with Crippen molar-refractivity contribution in [3.05, 3.63) is 11.7 Å². The standard InChI is InChI=1S/C8H8F5N3O2/c1-4-15-5(16-18-4)2-3-14-6(17)7(9,10)8(11,12)13/h2-3H2,1H3,(H,14,17). The van der Waals surface area contributed by atoms with E-state index in [0.717, 1.165) is 0 Å². The maximum atomic E-state index is 12.5. The monoisotopic (exact) mass is 273 g/mol. The molecule has 0 aliphatic rings. The lowest BCUT2D eigenvalue weighted by Crippen LogP contribution is -2.50. The van der Waals surface area contributed by atoms with E-state index in [-0.39, 0.29) is 18.1 Å². The Hall–Kier alpha value is -1.74. The molecule has 102 valence electrons. The van der Waals surface area contributed by atoms with Crippen molar-refractivity contribution < 1.29 is 31.3 Å². The summed E-state index contributed by atoms with van der Waals surface area (Å²) in [7, 11) is 0. The Kier molecular flexibility index (Phi) is 3.87. The molecule has 0 unspecified atom stereocenters. The van der Waals surface area contributed by atoms with Crippen LogP contribution in [0, 0.1) is 6.92 Å². The normalized spacial score (nSPS) is 12.6. The van der Waals surface area contributed by atoms with Gasteiger partial charge in [-0.2, -0.15) is 26.9 Å². The summed E-state index contributed by atoms with van der Waals surface area (Å²) in [6.07, 6.45) is -6.03. The van der Waals surface area contributed by atoms with E-state index in [4.69, 9.17) is 0 Å². The highest BCUT2D eigenvalue weighted by atomic mass is 19.4. The second-order valence-electron chi connectivity index (χ2n) is 3.31. The first-order chi connectivity index (χ1) is 8.14. The molecule has 1 aromatic rings. The molecule has 0 aliphatic carbocycles. The predicted molar refractivity (Wildman–Crippen MR) is 46.8 cm³/mol. The van der Waals surface area contributed by atoms with E-state index >= 15 is 0 Å². The zero-order valence-electron chi connectivity index (χ0n) is 9.01. The molecule has 0 saturated carbocycles. The molecule has 1 amide bonds. The van der Waals surface area contributed by atoms with E-state index < -0.39 is 24.6 Å². The van der Waals surface area contributed by atoms with Gasteiger partial charge in [-0.25, -0.2) is 0 Å². The molecular formula is C8H8F5N3O2. The number of halogens is 5. The third kappa shape index (κ3) is 3.14. The highest BCUT2D eigenvalue weighted by Crippen LogP contribution is 2.35. The molecular weight excluding hydrogens is 265 g/mol. The Labute approximate surface area is 97.3 Å². The maximum absolute atomic E-state index is 12.5. The Bertz CT molecular complexity index is 429. The average molecular weight is 273 g/mol. The van der Waals surface area contributed by atoms with Crippen molar-refractivity contribution in [2.24, 2.45) is 0 Å². The number of rotatable bonds is 4. The van der Waals surface area contributed by atoms with Crippen molar-refractivity contribution in [1.82, 2.24) is 15.5 Å². The molecule has 10 heteroatoms. The molecule has 0 fully saturated rings. The van der Waals surface area contributed by atoms with Crippen LogP contribution in [-0.4, -0.2) is 34.7 Å². The lowest BCUT2D eigenvalue weighted by Gasteiger charge is -2.18. The molecule has 0 bridgehead atoms. The highest BCUT2D eigenvalue weighted by molar-refractivity contribution is 5.84. The van der Waals surface area contributed by atoms with Crippen molar-refractivity contribution in [3.8, 4) is 0 Å². The molecule has 1 aromatic heterocycles. The van der Waals surface area contributed by atoms with E-state index in [0.29, 0.717) is 0 Å². The van der Waals surface area contributed by atoms with Crippen molar-refractivity contribution >= 4 is 5.91 Å². The van der Waals surface area contributed by atoms with Gasteiger partial charge in [-0.1, -0.05) is 5.16 Å². The SMILES string of the molecule is Cc1nc(CCNC(=O)C(F)(F)C(F)(F)F)no1. The summed E-state index contributed by atoms with van der Waals surface area (Å²) in [5.41, 5.74) is 0. The van der Waals surface area contributed by atoms with Crippen LogP contribution in [0.25, 0.3) is 0 Å². The highest BCUT2D eigenvalue weighted by Gasteiger charge is 2.63. The molecule has 1 rings (SSSR count). The van der Waals surface area contributed by atoms with Crippen LogP contribution in [0.2, 0.25) is 0 Å². The first kappa shape index (κ1) is 14.3. The molecule has 0 atom stereocenters. The number of carbonyl (C=O) groups is 1. The van der Waals surface area contributed by atoms with Crippen LogP contribution in [0.15, 0.2) is 4.52 Å². The van der Waals surface area contributed by atoms with Crippen LogP contribution >= 0.6 is 0 Å². The molecule has 0 aromatic carbocycles. The van der Waals surface area contributed by atoms with Gasteiger partial charge in [0.05, 0.1) is 0 Å². The topological polar surface area (TPSA) is 68.0 Å². The molecule has 0 spiro atoms. The average Bonchev–Trinajstić information content (AvgIpc) is 2.62. The number of hydrogen-bond donors (Lipinski definition) is 1. The Morgan fingerprint density at radius 2 is 1.94 bits per heavy atom. The molecule has 0 saturated heterocycles. The summed E-state index contributed by atoms with van der Waals surface area (Å²) in [5, 5.41) is 4.83. The maximum Gasteiger partial charge on any atom is 0.463 e. The van der Waals surface area contributed by atoms with Crippen LogP contribution in [0.5, 0.6) is 0 Å². The zero-order chi connectivity index (χ0) is 14.0. The fourth-order valence-electron chi connectivity index (χ4n) is 0.970. The van der Waals surface area contributed by atoms with Crippen LogP contribution in [-0.2, 0) is 11.2 Å². The molecule has 18 heavy (non-hydrogen) atoms. The Morgan fingerprint density at radius 3 is 2.39 bits per heavy atom. The van der Waals surface area contributed by atoms with E-state index in [2.05, 4.69) is 14.7 Å². The minimum Gasteiger partial charge on any atom is -0.350 e. The van der Waals surface area contributed by atoms with Gasteiger partial charge in [0.15, 0.2) is 5.82 Å². The summed E-state index contributed by atoms with van der Waals surface area (Å²) in [6, 6.07) is 0. The minimum atomic E-state index is -5.92. The quantitative estimate of drug-likeness (QED) is 0.838. The fourth-order valence-corrected chi connectivity index (χ4v) is 0.970. The fraction of sp³-hybridized carbons (Fsp3) is 0.625. The number of aromatic nitrogens is 2. The molecule has 1 N–H and O–H groups in total. The summed E-state index contributed by atoms with van der Waals surface area (Å²) in [6.45, 7) is 1.02. The van der Waals surface area contributed by atoms with Crippen LogP contribution in [0.1, 0.15) is 11.7 Å². The second-order valence-corrected chi connectivity index (χ2v) is 3.31. The first-order valence-electron chi connectivity index (χ1n) is 4.66. The summed E-state index contributed by atoms with van der Waals surface area (Å²) < 4.78 is 64.8. The third-order valence-corrected chi connectivity index (χ3v) is 1.84. The van der Waals surface area contributed by atoms with Gasteiger partial charge in [0, 0.05) is 19.9 Å². The van der Waals surface area contributed by atoms with Crippen LogP contribution in [0.3, 0.4) is 0 Å². The van der Waals surface area contributed by atoms with E-state index in [1.807, 2.05) is 0 Å². The van der Waals surface area contributed by atoms with Gasteiger partial charge < -0.3 is 9.84 Å². The lowest BCUT2D eigenvalue weighted by molar-refractivity contribution is -0.269. The largest absolute Gasteiger partial charge is 0.463 e. The van der Waals surface area contributed by atoms with Crippen molar-refractivity contribution in [2.75, 3.05) is 6.54 Å². The van der Waals surface area contributed by atoms with Gasteiger partial charge in [-0.05, 0) is 0 Å². The molecule has 5 nitrogen and oxygen atoms in total. The van der Waals surface area contributed by atoms with E-state index in [9.17, 15) is 26.7 Å². The van der Waals surface area contributed by atoms with Gasteiger partial charge in [0.2, 0.25) is 5.89 Å². The number of amides is 1. The number of aryl methyl sites for hydroxylation is 1. The summed E-state index contributed by atoms with van der Waals surface area (Å²) in [5.74, 6) is -7.50. The number of nitrogens with one attached hydrogen (secondary N) is 1. The Balaban J connectivity index is 2.47. The van der Waals surface area contributed by atoms with E-state index in [1.165, 1.54) is 12.2 Å². The number of carbonyl (C=O) groups excluding carboxylic acids is 1. The first-order valence-corrected chi connectivity index (χ1v) is 4.66. The lowest BCUT2D eigenvalue weighted by atomic mass is 10.3. The number of nitrogens with zero attached hydrogens (tertiary/aromatic N) is 2. The van der Waals surface area contributed by atoms with Crippen LogP contribution < -0.4 is 5.32 Å². The van der Waals surface area contributed by atoms with Gasteiger partial charge in [0.25, 0.3) is 5.91 Å². The minimum absolute atomic E-state index is 0.100. The smallest absolute Gasteiger partial charge is 0.350 e. The number of alkyl halides is 5. The van der Waals surface area contributed by atoms with Gasteiger partial charge in [-0.15, -0.1) is 0 Å². The van der Waals surface area contributed by atoms with Gasteiger partial charge >= 0.3 is 12.1 Å². The molecule has 0 aliphatic heterocycles. The third-order valence-electron chi connectivity index (χ3n) is 1.84. The number of hydrogen-bond acceptors (Lipinski definition) is 4. The molecule has 0 radical (unpaired) electrons. The summed E-state index contributed by atoms with van der Waals surface area (Å²) in [4.78, 5) is 14.3. The second kappa shape index (κ2) is 4.86. The van der Waals surface area contributed by atoms with Crippen LogP contribution in [0.4, 0.5) is 22.0 Å². The van der Waals surface area contributed by atoms with Crippen molar-refractivity contribution in [3.63, 3.8) is 0 Å². The predicted octanol–water partition coefficient (Wildman–Crippen LogP) is 1.23. The Morgan fingerprint density at radius 1 is 1.33 bits per heavy atom. The van der Waals surface area contributed by atoms with E-state index in [1.54, 1.807) is 0 Å². The van der Waals surface area contributed by atoms with Crippen molar-refractivity contribution in [2.45, 2.75) is 25.4 Å².